The number of carbonyl (C=O) groups excluding carboxylic acids is 2. The number of carbonyl (C=O) groups is 2. The molecule has 35 heavy (non-hydrogen) atoms. The molecule has 1 aromatic heterocycles. The molecule has 1 aliphatic heterocycles. The first-order chi connectivity index (χ1) is 17.0. The normalized spacial score (nSPS) is 14.1. The van der Waals surface area contributed by atoms with Crippen molar-refractivity contribution in [3.05, 3.63) is 70.2 Å². The van der Waals surface area contributed by atoms with E-state index in [0.29, 0.717) is 5.69 Å². The third kappa shape index (κ3) is 6.48. The molecular weight excluding hydrogens is 456 g/mol. The van der Waals surface area contributed by atoms with E-state index in [0.717, 1.165) is 79.1 Å². The lowest BCUT2D eigenvalue weighted by atomic mass is 9.98. The summed E-state index contributed by atoms with van der Waals surface area (Å²) in [7, 11) is 0. The minimum Gasteiger partial charge on any atom is -0.338 e. The molecule has 0 saturated carbocycles. The fraction of sp³-hybridized carbons (Fsp3) is 0.393. The average Bonchev–Trinajstić information content (AvgIpc) is 3.39. The summed E-state index contributed by atoms with van der Waals surface area (Å²) in [6.45, 7) is 6.38. The number of nitrogens with one attached hydrogen (secondary N) is 2. The number of hydrogen-bond donors (Lipinski definition) is 2. The van der Waals surface area contributed by atoms with Gasteiger partial charge in [-0.2, -0.15) is 0 Å². The third-order valence-corrected chi connectivity index (χ3v) is 7.46. The van der Waals surface area contributed by atoms with Crippen molar-refractivity contribution in [2.24, 2.45) is 0 Å². The zero-order valence-electron chi connectivity index (χ0n) is 20.5. The first-order valence-corrected chi connectivity index (χ1v) is 13.4. The Morgan fingerprint density at radius 2 is 1.86 bits per heavy atom. The molecule has 3 aromatic rings. The second kappa shape index (κ2) is 12.0. The van der Waals surface area contributed by atoms with E-state index in [1.165, 1.54) is 11.3 Å². The summed E-state index contributed by atoms with van der Waals surface area (Å²) < 4.78 is 0. The zero-order chi connectivity index (χ0) is 24.6. The molecule has 2 N–H and O–H groups in total. The van der Waals surface area contributed by atoms with Gasteiger partial charge in [-0.1, -0.05) is 61.7 Å². The summed E-state index contributed by atoms with van der Waals surface area (Å²) in [6.07, 6.45) is 5.05. The van der Waals surface area contributed by atoms with E-state index in [9.17, 15) is 9.59 Å². The van der Waals surface area contributed by atoms with E-state index >= 15 is 0 Å². The molecule has 3 amide bonds. The van der Waals surface area contributed by atoms with Gasteiger partial charge in [-0.3, -0.25) is 4.79 Å². The number of piperidine rings is 1. The summed E-state index contributed by atoms with van der Waals surface area (Å²) >= 11 is 1.54. The number of amides is 3. The van der Waals surface area contributed by atoms with Crippen LogP contribution in [-0.2, 0) is 0 Å². The molecule has 7 heteroatoms. The molecule has 1 saturated heterocycles. The van der Waals surface area contributed by atoms with Gasteiger partial charge in [0.2, 0.25) is 0 Å². The summed E-state index contributed by atoms with van der Waals surface area (Å²) in [4.78, 5) is 32.0. The number of aryl methyl sites for hydroxylation is 1. The van der Waals surface area contributed by atoms with Crippen molar-refractivity contribution in [2.75, 3.05) is 25.0 Å². The van der Waals surface area contributed by atoms with Crippen LogP contribution in [0.2, 0.25) is 0 Å². The van der Waals surface area contributed by atoms with E-state index < -0.39 is 0 Å². The molecule has 0 aliphatic carbocycles. The lowest BCUT2D eigenvalue weighted by Gasteiger charge is -2.31. The molecule has 1 aliphatic rings. The number of aromatic nitrogens is 1. The highest BCUT2D eigenvalue weighted by molar-refractivity contribution is 7.10. The zero-order valence-corrected chi connectivity index (χ0v) is 21.4. The van der Waals surface area contributed by atoms with Crippen LogP contribution in [0.5, 0.6) is 0 Å². The molecule has 0 unspecified atom stereocenters. The van der Waals surface area contributed by atoms with E-state index in [2.05, 4.69) is 28.6 Å². The number of rotatable bonds is 8. The standard InChI is InChI=1S/C28H34N4O2S/c1-3-4-8-15-29-28(34)32-16-13-22(14-17-32)27-31-25(19-35-27)26(33)30-24-12-11-20(2)18-23(24)21-9-6-5-7-10-21/h5-7,9-12,18-19,22H,3-4,8,13-17H2,1-2H3,(H,29,34)(H,30,33). The molecule has 0 spiro atoms. The van der Waals surface area contributed by atoms with E-state index in [4.69, 9.17) is 0 Å². The van der Waals surface area contributed by atoms with Crippen LogP contribution in [0, 0.1) is 6.92 Å². The molecule has 2 aromatic carbocycles. The number of benzene rings is 2. The van der Waals surface area contributed by atoms with Crippen LogP contribution >= 0.6 is 11.3 Å². The number of likely N-dealkylation sites (tertiary alicyclic amines) is 1. The number of nitrogens with zero attached hydrogens (tertiary/aromatic N) is 2. The first kappa shape index (κ1) is 24.9. The number of hydrogen-bond acceptors (Lipinski definition) is 4. The van der Waals surface area contributed by atoms with E-state index in [-0.39, 0.29) is 17.9 Å². The van der Waals surface area contributed by atoms with Gasteiger partial charge in [-0.15, -0.1) is 11.3 Å². The summed E-state index contributed by atoms with van der Waals surface area (Å²) in [5, 5.41) is 8.91. The average molecular weight is 491 g/mol. The third-order valence-electron chi connectivity index (χ3n) is 6.45. The molecule has 4 rings (SSSR count). The maximum Gasteiger partial charge on any atom is 0.317 e. The fourth-order valence-electron chi connectivity index (χ4n) is 4.40. The van der Waals surface area contributed by atoms with Gasteiger partial charge in [0.05, 0.1) is 5.01 Å². The predicted molar refractivity (Wildman–Crippen MR) is 143 cm³/mol. The molecule has 0 atom stereocenters. The fourth-order valence-corrected chi connectivity index (χ4v) is 5.37. The van der Waals surface area contributed by atoms with Crippen LogP contribution in [0.3, 0.4) is 0 Å². The SMILES string of the molecule is CCCCCNC(=O)N1CCC(c2nc(C(=O)Nc3ccc(C)cc3-c3ccccc3)cs2)CC1. The Morgan fingerprint density at radius 3 is 2.60 bits per heavy atom. The second-order valence-corrected chi connectivity index (χ2v) is 10.0. The molecular formula is C28H34N4O2S. The predicted octanol–water partition coefficient (Wildman–Crippen LogP) is 6.45. The van der Waals surface area contributed by atoms with Gasteiger partial charge in [-0.05, 0) is 43.9 Å². The highest BCUT2D eigenvalue weighted by atomic mass is 32.1. The van der Waals surface area contributed by atoms with Crippen molar-refractivity contribution in [1.82, 2.24) is 15.2 Å². The van der Waals surface area contributed by atoms with Crippen molar-refractivity contribution in [3.8, 4) is 11.1 Å². The van der Waals surface area contributed by atoms with Gasteiger partial charge in [0.25, 0.3) is 5.91 Å². The minimum absolute atomic E-state index is 0.0334. The van der Waals surface area contributed by atoms with E-state index in [1.807, 2.05) is 59.7 Å². The number of urea groups is 1. The largest absolute Gasteiger partial charge is 0.338 e. The van der Waals surface area contributed by atoms with Crippen molar-refractivity contribution >= 4 is 29.0 Å². The Hall–Kier alpha value is -3.19. The topological polar surface area (TPSA) is 74.3 Å². The van der Waals surface area contributed by atoms with Crippen LogP contribution in [0.4, 0.5) is 10.5 Å². The van der Waals surface area contributed by atoms with Crippen LogP contribution in [-0.4, -0.2) is 41.5 Å². The van der Waals surface area contributed by atoms with Gasteiger partial charge in [-0.25, -0.2) is 9.78 Å². The maximum absolute atomic E-state index is 13.0. The first-order valence-electron chi connectivity index (χ1n) is 12.5. The molecule has 2 heterocycles. The Labute approximate surface area is 211 Å². The Kier molecular flexibility index (Phi) is 8.53. The Morgan fingerprint density at radius 1 is 1.09 bits per heavy atom. The van der Waals surface area contributed by atoms with Gasteiger partial charge < -0.3 is 15.5 Å². The summed E-state index contributed by atoms with van der Waals surface area (Å²) in [5.74, 6) is 0.0855. The van der Waals surface area contributed by atoms with Crippen LogP contribution in [0.15, 0.2) is 53.9 Å². The molecule has 184 valence electrons. The Bertz CT molecular complexity index is 1140. The Balaban J connectivity index is 1.35. The number of thiazole rings is 1. The van der Waals surface area contributed by atoms with Crippen LogP contribution in [0.1, 0.15) is 66.0 Å². The van der Waals surface area contributed by atoms with Crippen molar-refractivity contribution in [1.29, 1.82) is 0 Å². The lowest BCUT2D eigenvalue weighted by Crippen LogP contribution is -2.44. The van der Waals surface area contributed by atoms with Crippen molar-refractivity contribution < 1.29 is 9.59 Å². The monoisotopic (exact) mass is 490 g/mol. The highest BCUT2D eigenvalue weighted by Crippen LogP contribution is 2.32. The van der Waals surface area contributed by atoms with Gasteiger partial charge in [0.15, 0.2) is 0 Å². The minimum atomic E-state index is -0.197. The summed E-state index contributed by atoms with van der Waals surface area (Å²) in [6, 6.07) is 16.1. The smallest absolute Gasteiger partial charge is 0.317 e. The van der Waals surface area contributed by atoms with Gasteiger partial charge in [0.1, 0.15) is 5.69 Å². The second-order valence-electron chi connectivity index (χ2n) is 9.14. The molecule has 1 fully saturated rings. The van der Waals surface area contributed by atoms with Crippen molar-refractivity contribution in [2.45, 2.75) is 51.9 Å². The number of anilines is 1. The molecule has 0 bridgehead atoms. The van der Waals surface area contributed by atoms with Gasteiger partial charge >= 0.3 is 6.03 Å². The number of unbranched alkanes of at least 4 members (excludes halogenated alkanes) is 2. The highest BCUT2D eigenvalue weighted by Gasteiger charge is 2.26. The lowest BCUT2D eigenvalue weighted by molar-refractivity contribution is 0.102. The summed E-state index contributed by atoms with van der Waals surface area (Å²) in [5.41, 5.74) is 4.42. The molecule has 6 nitrogen and oxygen atoms in total. The van der Waals surface area contributed by atoms with E-state index in [1.54, 1.807) is 0 Å². The van der Waals surface area contributed by atoms with Crippen molar-refractivity contribution in [3.63, 3.8) is 0 Å². The van der Waals surface area contributed by atoms with Crippen LogP contribution in [0.25, 0.3) is 11.1 Å². The maximum atomic E-state index is 13.0. The van der Waals surface area contributed by atoms with Crippen LogP contribution < -0.4 is 10.6 Å². The quantitative estimate of drug-likeness (QED) is 0.356. The van der Waals surface area contributed by atoms with Gasteiger partial charge in [0, 0.05) is 42.2 Å². The molecule has 0 radical (unpaired) electrons.